The van der Waals surface area contributed by atoms with Crippen molar-refractivity contribution in [3.63, 3.8) is 0 Å². The molecule has 0 fully saturated rings. The average molecular weight is 379 g/mol. The Morgan fingerprint density at radius 2 is 2.00 bits per heavy atom. The van der Waals surface area contributed by atoms with Gasteiger partial charge in [-0.05, 0) is 35.9 Å². The van der Waals surface area contributed by atoms with Crippen LogP contribution in [-0.2, 0) is 0 Å². The smallest absolute Gasteiger partial charge is 0.387 e. The standard InChI is InChI=1S/C18H13ClF2N2O3/c1-25-14-7-6-10(9-15(14)26-18(20)21)8-12(19)16-22-13-5-3-2-4-11(13)17(24)23-16/h2-9,18H,1H3,(H,22,23,24)/b12-8-. The molecule has 26 heavy (non-hydrogen) atoms. The molecule has 0 radical (unpaired) electrons. The highest BCUT2D eigenvalue weighted by molar-refractivity contribution is 6.50. The molecule has 1 N–H and O–H groups in total. The minimum absolute atomic E-state index is 0.124. The Labute approximate surface area is 151 Å². The Morgan fingerprint density at radius 1 is 1.23 bits per heavy atom. The van der Waals surface area contributed by atoms with Crippen LogP contribution < -0.4 is 15.0 Å². The topological polar surface area (TPSA) is 64.2 Å². The number of ether oxygens (including phenoxy) is 2. The second-order valence-corrected chi connectivity index (χ2v) is 5.62. The van der Waals surface area contributed by atoms with Crippen LogP contribution in [0.3, 0.4) is 0 Å². The molecule has 2 aromatic carbocycles. The van der Waals surface area contributed by atoms with Crippen molar-refractivity contribution >= 4 is 33.6 Å². The highest BCUT2D eigenvalue weighted by atomic mass is 35.5. The van der Waals surface area contributed by atoms with E-state index in [-0.39, 0.29) is 27.9 Å². The number of methoxy groups -OCH3 is 1. The Morgan fingerprint density at radius 3 is 2.73 bits per heavy atom. The number of fused-ring (bicyclic) bond motifs is 1. The van der Waals surface area contributed by atoms with Gasteiger partial charge in [-0.2, -0.15) is 8.78 Å². The molecule has 0 aliphatic rings. The van der Waals surface area contributed by atoms with Crippen molar-refractivity contribution in [2.45, 2.75) is 6.61 Å². The van der Waals surface area contributed by atoms with Crippen LogP contribution in [0.25, 0.3) is 22.0 Å². The van der Waals surface area contributed by atoms with Crippen LogP contribution in [0.4, 0.5) is 8.78 Å². The average Bonchev–Trinajstić information content (AvgIpc) is 2.61. The summed E-state index contributed by atoms with van der Waals surface area (Å²) >= 11 is 6.25. The van der Waals surface area contributed by atoms with Crippen molar-refractivity contribution in [3.8, 4) is 11.5 Å². The number of alkyl halides is 2. The molecule has 0 bridgehead atoms. The third-order valence-corrected chi connectivity index (χ3v) is 3.82. The fourth-order valence-electron chi connectivity index (χ4n) is 2.39. The molecule has 0 aliphatic carbocycles. The number of nitrogens with one attached hydrogen (secondary N) is 1. The number of rotatable bonds is 5. The molecule has 8 heteroatoms. The normalized spacial score (nSPS) is 11.8. The van der Waals surface area contributed by atoms with Gasteiger partial charge in [-0.25, -0.2) is 4.98 Å². The summed E-state index contributed by atoms with van der Waals surface area (Å²) in [5.74, 6) is 0.207. The summed E-state index contributed by atoms with van der Waals surface area (Å²) in [6, 6.07) is 11.3. The molecule has 0 amide bonds. The maximum absolute atomic E-state index is 12.5. The van der Waals surface area contributed by atoms with Crippen molar-refractivity contribution in [2.75, 3.05) is 7.11 Å². The summed E-state index contributed by atoms with van der Waals surface area (Å²) in [6.07, 6.45) is 1.48. The SMILES string of the molecule is COc1ccc(/C=C(\Cl)c2nc3ccccc3c(=O)[nH]2)cc1OC(F)F. The molecule has 5 nitrogen and oxygen atoms in total. The van der Waals surface area contributed by atoms with E-state index in [4.69, 9.17) is 16.3 Å². The van der Waals surface area contributed by atoms with Gasteiger partial charge in [0, 0.05) is 0 Å². The van der Waals surface area contributed by atoms with E-state index in [1.807, 2.05) is 0 Å². The molecule has 0 saturated carbocycles. The van der Waals surface area contributed by atoms with E-state index in [0.29, 0.717) is 16.5 Å². The van der Waals surface area contributed by atoms with Crippen molar-refractivity contribution in [1.82, 2.24) is 9.97 Å². The number of aromatic nitrogens is 2. The fourth-order valence-corrected chi connectivity index (χ4v) is 2.60. The van der Waals surface area contributed by atoms with E-state index in [0.717, 1.165) is 0 Å². The summed E-state index contributed by atoms with van der Waals surface area (Å²) in [7, 11) is 1.35. The number of aromatic amines is 1. The van der Waals surface area contributed by atoms with Gasteiger partial charge in [-0.15, -0.1) is 0 Å². The minimum Gasteiger partial charge on any atom is -0.493 e. The van der Waals surface area contributed by atoms with Crippen LogP contribution in [0.2, 0.25) is 0 Å². The first-order chi connectivity index (χ1) is 12.5. The minimum atomic E-state index is -2.99. The third-order valence-electron chi connectivity index (χ3n) is 3.54. The van der Waals surface area contributed by atoms with Gasteiger partial charge in [0.1, 0.15) is 0 Å². The third kappa shape index (κ3) is 3.83. The van der Waals surface area contributed by atoms with E-state index in [1.165, 1.54) is 25.3 Å². The summed E-state index contributed by atoms with van der Waals surface area (Å²) in [5.41, 5.74) is 0.644. The van der Waals surface area contributed by atoms with Gasteiger partial charge in [0.15, 0.2) is 17.3 Å². The number of nitrogens with zero attached hydrogens (tertiary/aromatic N) is 1. The zero-order valence-electron chi connectivity index (χ0n) is 13.5. The molecular formula is C18H13ClF2N2O3. The van der Waals surface area contributed by atoms with Gasteiger partial charge in [0.05, 0.1) is 23.0 Å². The predicted octanol–water partition coefficient (Wildman–Crippen LogP) is 4.27. The van der Waals surface area contributed by atoms with E-state index >= 15 is 0 Å². The van der Waals surface area contributed by atoms with Crippen LogP contribution in [0, 0.1) is 0 Å². The first-order valence-corrected chi connectivity index (χ1v) is 7.85. The Kier molecular flexibility index (Phi) is 5.18. The van der Waals surface area contributed by atoms with Gasteiger partial charge >= 0.3 is 6.61 Å². The van der Waals surface area contributed by atoms with Crippen LogP contribution in [0.1, 0.15) is 11.4 Å². The molecule has 1 heterocycles. The summed E-state index contributed by atoms with van der Waals surface area (Å²) in [5, 5.41) is 0.582. The monoisotopic (exact) mass is 378 g/mol. The van der Waals surface area contributed by atoms with Crippen molar-refractivity contribution in [3.05, 3.63) is 64.2 Å². The van der Waals surface area contributed by atoms with E-state index < -0.39 is 6.61 Å². The predicted molar refractivity (Wildman–Crippen MR) is 95.7 cm³/mol. The first kappa shape index (κ1) is 17.9. The van der Waals surface area contributed by atoms with Crippen molar-refractivity contribution in [2.24, 2.45) is 0 Å². The molecule has 3 aromatic rings. The number of hydrogen-bond acceptors (Lipinski definition) is 4. The zero-order chi connectivity index (χ0) is 18.7. The number of para-hydroxylation sites is 1. The quantitative estimate of drug-likeness (QED) is 0.720. The molecule has 0 aliphatic heterocycles. The number of benzene rings is 2. The summed E-state index contributed by atoms with van der Waals surface area (Å²) in [6.45, 7) is -2.99. The Balaban J connectivity index is 2.01. The van der Waals surface area contributed by atoms with Crippen LogP contribution in [0.5, 0.6) is 11.5 Å². The van der Waals surface area contributed by atoms with Gasteiger partial charge in [0.25, 0.3) is 5.56 Å². The number of halogens is 3. The second kappa shape index (κ2) is 7.53. The van der Waals surface area contributed by atoms with E-state index in [2.05, 4.69) is 14.7 Å². The van der Waals surface area contributed by atoms with Gasteiger partial charge in [-0.1, -0.05) is 29.8 Å². The lowest BCUT2D eigenvalue weighted by Crippen LogP contribution is -2.10. The lowest BCUT2D eigenvalue weighted by molar-refractivity contribution is -0.0512. The molecule has 0 unspecified atom stereocenters. The molecule has 0 atom stereocenters. The van der Waals surface area contributed by atoms with Crippen LogP contribution in [0.15, 0.2) is 47.3 Å². The zero-order valence-corrected chi connectivity index (χ0v) is 14.3. The molecule has 0 spiro atoms. The summed E-state index contributed by atoms with van der Waals surface area (Å²) < 4.78 is 34.5. The molecule has 3 rings (SSSR count). The van der Waals surface area contributed by atoms with E-state index in [9.17, 15) is 13.6 Å². The highest BCUT2D eigenvalue weighted by Gasteiger charge is 2.12. The molecule has 134 valence electrons. The molecule has 0 saturated heterocycles. The maximum atomic E-state index is 12.5. The fraction of sp³-hybridized carbons (Fsp3) is 0.111. The first-order valence-electron chi connectivity index (χ1n) is 7.47. The number of H-pyrrole nitrogens is 1. The largest absolute Gasteiger partial charge is 0.493 e. The molecular weight excluding hydrogens is 366 g/mol. The lowest BCUT2D eigenvalue weighted by atomic mass is 10.2. The van der Waals surface area contributed by atoms with E-state index in [1.54, 1.807) is 30.3 Å². The van der Waals surface area contributed by atoms with Gasteiger partial charge < -0.3 is 14.5 Å². The summed E-state index contributed by atoms with van der Waals surface area (Å²) in [4.78, 5) is 19.0. The van der Waals surface area contributed by atoms with Gasteiger partial charge in [0.2, 0.25) is 0 Å². The molecule has 1 aromatic heterocycles. The van der Waals surface area contributed by atoms with Crippen LogP contribution in [-0.4, -0.2) is 23.7 Å². The Bertz CT molecular complexity index is 1030. The van der Waals surface area contributed by atoms with Crippen molar-refractivity contribution < 1.29 is 18.3 Å². The van der Waals surface area contributed by atoms with Gasteiger partial charge in [-0.3, -0.25) is 4.79 Å². The number of hydrogen-bond donors (Lipinski definition) is 1. The van der Waals surface area contributed by atoms with Crippen molar-refractivity contribution in [1.29, 1.82) is 0 Å². The lowest BCUT2D eigenvalue weighted by Gasteiger charge is -2.10. The maximum Gasteiger partial charge on any atom is 0.387 e. The second-order valence-electron chi connectivity index (χ2n) is 5.21. The highest BCUT2D eigenvalue weighted by Crippen LogP contribution is 2.31. The Hall–Kier alpha value is -2.93. The van der Waals surface area contributed by atoms with Crippen LogP contribution >= 0.6 is 11.6 Å².